The number of ether oxygens (including phenoxy) is 2. The van der Waals surface area contributed by atoms with Crippen molar-refractivity contribution < 1.29 is 29.3 Å². The number of aliphatic hydroxyl groups excluding tert-OH is 2. The number of rotatable bonds is 6. The Labute approximate surface area is 211 Å². The molecule has 0 radical (unpaired) electrons. The van der Waals surface area contributed by atoms with Crippen LogP contribution >= 0.6 is 0 Å². The summed E-state index contributed by atoms with van der Waals surface area (Å²) in [4.78, 5) is 26.7. The second-order valence-electron chi connectivity index (χ2n) is 9.10. The summed E-state index contributed by atoms with van der Waals surface area (Å²) in [5.41, 5.74) is 13.5. The average Bonchev–Trinajstić information content (AvgIpc) is 3.49. The lowest BCUT2D eigenvalue weighted by atomic mass is 10.1. The molecular formula is C26H36N4O6. The molecule has 0 bridgehead atoms. The van der Waals surface area contributed by atoms with Crippen LogP contribution in [0.15, 0.2) is 60.7 Å². The van der Waals surface area contributed by atoms with Crippen LogP contribution in [0.2, 0.25) is 0 Å². The van der Waals surface area contributed by atoms with Gasteiger partial charge >= 0.3 is 12.2 Å². The largest absolute Gasteiger partial charge is 0.445 e. The van der Waals surface area contributed by atoms with E-state index in [4.69, 9.17) is 31.2 Å². The van der Waals surface area contributed by atoms with Gasteiger partial charge in [-0.25, -0.2) is 9.59 Å². The summed E-state index contributed by atoms with van der Waals surface area (Å²) in [6.45, 7) is 2.34. The van der Waals surface area contributed by atoms with Crippen molar-refractivity contribution in [2.75, 3.05) is 39.4 Å². The molecule has 0 saturated carbocycles. The van der Waals surface area contributed by atoms with Gasteiger partial charge in [-0.2, -0.15) is 0 Å². The van der Waals surface area contributed by atoms with Crippen molar-refractivity contribution in [2.45, 2.75) is 25.3 Å². The molecule has 2 saturated heterocycles. The van der Waals surface area contributed by atoms with Gasteiger partial charge in [0.25, 0.3) is 0 Å². The molecule has 196 valence electrons. The Balaban J connectivity index is 0.000000201. The van der Waals surface area contributed by atoms with E-state index in [2.05, 4.69) is 0 Å². The fraction of sp³-hybridized carbons (Fsp3) is 0.462. The predicted octanol–water partition coefficient (Wildman–Crippen LogP) is 1.15. The van der Waals surface area contributed by atoms with E-state index in [1.807, 2.05) is 60.7 Å². The third-order valence-electron chi connectivity index (χ3n) is 6.38. The molecular weight excluding hydrogens is 464 g/mol. The standard InChI is InChI=1S/2C13H18N2O3/c2*14-12-7-15(6-11(12)8-16)13(17)18-9-10-4-2-1-3-5-10/h2*1-5,11-12,16H,6-9,14H2/t2*11-,12-/m10/s1. The Hall–Kier alpha value is -3.18. The summed E-state index contributed by atoms with van der Waals surface area (Å²) in [5.74, 6) is -0.0939. The minimum Gasteiger partial charge on any atom is -0.445 e. The van der Waals surface area contributed by atoms with Crippen LogP contribution in [0, 0.1) is 11.8 Å². The minimum atomic E-state index is -0.370. The lowest BCUT2D eigenvalue weighted by Crippen LogP contribution is -2.33. The summed E-state index contributed by atoms with van der Waals surface area (Å²) in [5, 5.41) is 18.2. The maximum atomic E-state index is 11.8. The first-order chi connectivity index (χ1) is 17.4. The third-order valence-corrected chi connectivity index (χ3v) is 6.38. The zero-order valence-corrected chi connectivity index (χ0v) is 20.3. The second-order valence-corrected chi connectivity index (χ2v) is 9.10. The normalized spacial score (nSPS) is 23.1. The van der Waals surface area contributed by atoms with Crippen LogP contribution in [-0.4, -0.2) is 83.7 Å². The molecule has 0 aromatic heterocycles. The van der Waals surface area contributed by atoms with Crippen LogP contribution < -0.4 is 11.5 Å². The highest BCUT2D eigenvalue weighted by atomic mass is 16.6. The fourth-order valence-corrected chi connectivity index (χ4v) is 4.10. The van der Waals surface area contributed by atoms with Crippen LogP contribution in [0.1, 0.15) is 11.1 Å². The number of benzene rings is 2. The monoisotopic (exact) mass is 500 g/mol. The average molecular weight is 501 g/mol. The zero-order chi connectivity index (χ0) is 25.9. The number of hydrogen-bond acceptors (Lipinski definition) is 8. The van der Waals surface area contributed by atoms with Gasteiger partial charge < -0.3 is 41.0 Å². The van der Waals surface area contributed by atoms with Gasteiger partial charge in [-0.05, 0) is 11.1 Å². The number of carbonyl (C=O) groups is 2. The van der Waals surface area contributed by atoms with E-state index in [-0.39, 0.29) is 62.5 Å². The van der Waals surface area contributed by atoms with E-state index in [1.54, 1.807) is 9.80 Å². The summed E-state index contributed by atoms with van der Waals surface area (Å²) >= 11 is 0. The molecule has 0 spiro atoms. The molecule has 2 heterocycles. The number of likely N-dealkylation sites (tertiary alicyclic amines) is 2. The molecule has 10 heteroatoms. The van der Waals surface area contributed by atoms with E-state index in [1.165, 1.54) is 0 Å². The van der Waals surface area contributed by atoms with Gasteiger partial charge in [0.05, 0.1) is 0 Å². The maximum absolute atomic E-state index is 11.8. The zero-order valence-electron chi connectivity index (χ0n) is 20.3. The van der Waals surface area contributed by atoms with Crippen LogP contribution in [0.25, 0.3) is 0 Å². The van der Waals surface area contributed by atoms with Crippen molar-refractivity contribution in [3.05, 3.63) is 71.8 Å². The van der Waals surface area contributed by atoms with Crippen molar-refractivity contribution in [3.63, 3.8) is 0 Å². The quantitative estimate of drug-likeness (QED) is 0.461. The summed E-state index contributed by atoms with van der Waals surface area (Å²) < 4.78 is 10.4. The van der Waals surface area contributed by atoms with E-state index in [0.717, 1.165) is 11.1 Å². The first-order valence-electron chi connectivity index (χ1n) is 12.0. The van der Waals surface area contributed by atoms with Gasteiger partial charge in [0, 0.05) is 63.3 Å². The Morgan fingerprint density at radius 2 is 1.06 bits per heavy atom. The van der Waals surface area contributed by atoms with E-state index in [0.29, 0.717) is 26.2 Å². The Morgan fingerprint density at radius 3 is 1.36 bits per heavy atom. The van der Waals surface area contributed by atoms with Crippen molar-refractivity contribution >= 4 is 12.2 Å². The van der Waals surface area contributed by atoms with Crippen LogP contribution in [0.3, 0.4) is 0 Å². The Bertz CT molecular complexity index is 870. The first-order valence-corrected chi connectivity index (χ1v) is 12.0. The van der Waals surface area contributed by atoms with Gasteiger partial charge in [-0.3, -0.25) is 0 Å². The van der Waals surface area contributed by atoms with Gasteiger partial charge in [0.1, 0.15) is 13.2 Å². The molecule has 6 N–H and O–H groups in total. The fourth-order valence-electron chi connectivity index (χ4n) is 4.10. The Kier molecular flexibility index (Phi) is 10.5. The molecule has 2 amide bonds. The number of hydrogen-bond donors (Lipinski definition) is 4. The van der Waals surface area contributed by atoms with Crippen molar-refractivity contribution in [1.82, 2.24) is 9.80 Å². The van der Waals surface area contributed by atoms with Gasteiger partial charge in [-0.1, -0.05) is 60.7 Å². The molecule has 2 aromatic rings. The molecule has 0 unspecified atom stereocenters. The molecule has 2 aliphatic heterocycles. The molecule has 4 rings (SSSR count). The van der Waals surface area contributed by atoms with Gasteiger partial charge in [0.2, 0.25) is 0 Å². The topological polar surface area (TPSA) is 152 Å². The molecule has 2 aliphatic rings. The first kappa shape index (κ1) is 27.4. The highest BCUT2D eigenvalue weighted by Gasteiger charge is 2.34. The second kappa shape index (κ2) is 13.8. The predicted molar refractivity (Wildman–Crippen MR) is 134 cm³/mol. The van der Waals surface area contributed by atoms with Crippen molar-refractivity contribution in [3.8, 4) is 0 Å². The number of carbonyl (C=O) groups excluding carboxylic acids is 2. The van der Waals surface area contributed by atoms with Crippen molar-refractivity contribution in [2.24, 2.45) is 23.3 Å². The minimum absolute atomic E-state index is 0.00360. The molecule has 10 nitrogen and oxygen atoms in total. The lowest BCUT2D eigenvalue weighted by Gasteiger charge is -2.15. The number of aliphatic hydroxyl groups is 2. The summed E-state index contributed by atoms with van der Waals surface area (Å²) in [6, 6.07) is 18.7. The van der Waals surface area contributed by atoms with Crippen LogP contribution in [0.4, 0.5) is 9.59 Å². The van der Waals surface area contributed by atoms with Crippen LogP contribution in [0.5, 0.6) is 0 Å². The number of nitrogens with two attached hydrogens (primary N) is 2. The smallest absolute Gasteiger partial charge is 0.410 e. The maximum Gasteiger partial charge on any atom is 0.410 e. The molecule has 36 heavy (non-hydrogen) atoms. The van der Waals surface area contributed by atoms with E-state index >= 15 is 0 Å². The molecule has 2 fully saturated rings. The third kappa shape index (κ3) is 7.92. The molecule has 4 atom stereocenters. The molecule has 2 aromatic carbocycles. The summed E-state index contributed by atoms with van der Waals surface area (Å²) in [6.07, 6.45) is -0.740. The van der Waals surface area contributed by atoms with Crippen molar-refractivity contribution in [1.29, 1.82) is 0 Å². The highest BCUT2D eigenvalue weighted by Crippen LogP contribution is 2.17. The SMILES string of the molecule is N[C@@H]1CN(C(=O)OCc2ccccc2)C[C@@H]1CO.N[C@H]1CN(C(=O)OCc2ccccc2)C[C@H]1CO. The van der Waals surface area contributed by atoms with Gasteiger partial charge in [0.15, 0.2) is 0 Å². The van der Waals surface area contributed by atoms with Crippen LogP contribution in [-0.2, 0) is 22.7 Å². The number of amides is 2. The van der Waals surface area contributed by atoms with Gasteiger partial charge in [-0.15, -0.1) is 0 Å². The molecule has 0 aliphatic carbocycles. The van der Waals surface area contributed by atoms with E-state index in [9.17, 15) is 9.59 Å². The Morgan fingerprint density at radius 1 is 0.694 bits per heavy atom. The van der Waals surface area contributed by atoms with E-state index < -0.39 is 0 Å². The summed E-state index contributed by atoms with van der Waals surface area (Å²) in [7, 11) is 0. The number of nitrogens with zero attached hydrogens (tertiary/aromatic N) is 2. The highest BCUT2D eigenvalue weighted by molar-refractivity contribution is 5.68. The lowest BCUT2D eigenvalue weighted by molar-refractivity contribution is 0.101.